The van der Waals surface area contributed by atoms with Gasteiger partial charge >= 0.3 is 5.97 Å². The molecule has 1 heterocycles. The van der Waals surface area contributed by atoms with Gasteiger partial charge in [0.2, 0.25) is 0 Å². The Bertz CT molecular complexity index is 412. The predicted octanol–water partition coefficient (Wildman–Crippen LogP) is 1.88. The van der Waals surface area contributed by atoms with Gasteiger partial charge in [0.1, 0.15) is 11.5 Å². The van der Waals surface area contributed by atoms with E-state index in [4.69, 9.17) is 9.52 Å². The van der Waals surface area contributed by atoms with Crippen molar-refractivity contribution in [2.45, 2.75) is 31.6 Å². The molecule has 3 rings (SSSR count). The van der Waals surface area contributed by atoms with E-state index in [1.807, 2.05) is 13.0 Å². The first kappa shape index (κ1) is 8.09. The van der Waals surface area contributed by atoms with Crippen LogP contribution in [0.5, 0.6) is 0 Å². The molecule has 3 heteroatoms. The normalized spacial score (nSPS) is 26.5. The lowest BCUT2D eigenvalue weighted by atomic mass is 9.89. The van der Waals surface area contributed by atoms with E-state index >= 15 is 0 Å². The van der Waals surface area contributed by atoms with Gasteiger partial charge < -0.3 is 9.52 Å². The fourth-order valence-corrected chi connectivity index (χ4v) is 2.78. The molecule has 1 atom stereocenters. The summed E-state index contributed by atoms with van der Waals surface area (Å²) in [5.74, 6) is 0.904. The summed E-state index contributed by atoms with van der Waals surface area (Å²) >= 11 is 0. The average Bonchev–Trinajstić information content (AvgIpc) is 2.73. The maximum absolute atomic E-state index is 11.1. The molecule has 0 radical (unpaired) electrons. The van der Waals surface area contributed by atoms with E-state index < -0.39 is 5.97 Å². The Morgan fingerprint density at radius 1 is 1.64 bits per heavy atom. The Morgan fingerprint density at radius 3 is 2.93 bits per heavy atom. The molecule has 0 saturated heterocycles. The number of carbonyl (C=O) groups is 1. The SMILES string of the molecule is Cc1cc2c(o1)CC(C(=O)O)C21CC1. The Balaban J connectivity index is 2.09. The largest absolute Gasteiger partial charge is 0.481 e. The van der Waals surface area contributed by atoms with E-state index in [1.54, 1.807) is 0 Å². The minimum Gasteiger partial charge on any atom is -0.481 e. The highest BCUT2D eigenvalue weighted by Crippen LogP contribution is 2.60. The molecular weight excluding hydrogens is 180 g/mol. The van der Waals surface area contributed by atoms with Crippen LogP contribution in [0.25, 0.3) is 0 Å². The van der Waals surface area contributed by atoms with E-state index in [0.717, 1.165) is 24.4 Å². The predicted molar refractivity (Wildman–Crippen MR) is 49.2 cm³/mol. The van der Waals surface area contributed by atoms with Crippen molar-refractivity contribution in [3.8, 4) is 0 Å². The van der Waals surface area contributed by atoms with E-state index in [1.165, 1.54) is 5.56 Å². The summed E-state index contributed by atoms with van der Waals surface area (Å²) in [5.41, 5.74) is 1.11. The van der Waals surface area contributed by atoms with E-state index in [0.29, 0.717) is 6.42 Å². The molecule has 1 unspecified atom stereocenters. The van der Waals surface area contributed by atoms with Crippen molar-refractivity contribution >= 4 is 5.97 Å². The highest BCUT2D eigenvalue weighted by molar-refractivity contribution is 5.75. The average molecular weight is 192 g/mol. The van der Waals surface area contributed by atoms with Crippen molar-refractivity contribution in [3.63, 3.8) is 0 Å². The fraction of sp³-hybridized carbons (Fsp3) is 0.545. The monoisotopic (exact) mass is 192 g/mol. The van der Waals surface area contributed by atoms with Gasteiger partial charge in [0.25, 0.3) is 0 Å². The Kier molecular flexibility index (Phi) is 1.28. The van der Waals surface area contributed by atoms with Crippen LogP contribution in [-0.4, -0.2) is 11.1 Å². The van der Waals surface area contributed by atoms with Crippen LogP contribution in [-0.2, 0) is 16.6 Å². The highest BCUT2D eigenvalue weighted by Gasteiger charge is 2.59. The zero-order valence-corrected chi connectivity index (χ0v) is 8.04. The van der Waals surface area contributed by atoms with Gasteiger partial charge in [0.15, 0.2) is 0 Å². The Morgan fingerprint density at radius 2 is 2.36 bits per heavy atom. The number of carboxylic acids is 1. The number of aryl methyl sites for hydroxylation is 1. The standard InChI is InChI=1S/C11H12O3/c1-6-4-7-9(14-6)5-8(10(12)13)11(7)2-3-11/h4,8H,2-3,5H2,1H3,(H,12,13). The zero-order chi connectivity index (χ0) is 9.92. The van der Waals surface area contributed by atoms with Gasteiger partial charge in [-0.25, -0.2) is 0 Å². The second-order valence-corrected chi connectivity index (χ2v) is 4.44. The van der Waals surface area contributed by atoms with Crippen molar-refractivity contribution in [3.05, 3.63) is 23.2 Å². The van der Waals surface area contributed by atoms with Gasteiger partial charge in [-0.1, -0.05) is 0 Å². The molecule has 0 aromatic carbocycles. The van der Waals surface area contributed by atoms with Crippen molar-refractivity contribution in [2.75, 3.05) is 0 Å². The molecule has 1 aromatic heterocycles. The Labute approximate surface area is 81.7 Å². The van der Waals surface area contributed by atoms with E-state index in [9.17, 15) is 4.79 Å². The molecule has 14 heavy (non-hydrogen) atoms. The van der Waals surface area contributed by atoms with Crippen LogP contribution in [0.1, 0.15) is 29.9 Å². The summed E-state index contributed by atoms with van der Waals surface area (Å²) in [6.45, 7) is 1.92. The summed E-state index contributed by atoms with van der Waals surface area (Å²) in [7, 11) is 0. The third kappa shape index (κ3) is 0.800. The van der Waals surface area contributed by atoms with Crippen molar-refractivity contribution in [1.82, 2.24) is 0 Å². The number of hydrogen-bond donors (Lipinski definition) is 1. The summed E-state index contributed by atoms with van der Waals surface area (Å²) in [6.07, 6.45) is 2.60. The molecule has 2 aliphatic rings. The third-order valence-corrected chi connectivity index (χ3v) is 3.61. The molecule has 3 nitrogen and oxygen atoms in total. The van der Waals surface area contributed by atoms with Crippen LogP contribution in [0.2, 0.25) is 0 Å². The van der Waals surface area contributed by atoms with E-state index in [-0.39, 0.29) is 11.3 Å². The number of fused-ring (bicyclic) bond motifs is 2. The number of furan rings is 1. The molecular formula is C11H12O3. The van der Waals surface area contributed by atoms with Gasteiger partial charge in [-0.2, -0.15) is 0 Å². The first-order valence-electron chi connectivity index (χ1n) is 4.96. The first-order valence-corrected chi connectivity index (χ1v) is 4.96. The van der Waals surface area contributed by atoms with Crippen LogP contribution >= 0.6 is 0 Å². The van der Waals surface area contributed by atoms with Crippen LogP contribution in [0.3, 0.4) is 0 Å². The lowest BCUT2D eigenvalue weighted by molar-refractivity contribution is -0.142. The van der Waals surface area contributed by atoms with Gasteiger partial charge in [-0.15, -0.1) is 0 Å². The van der Waals surface area contributed by atoms with Crippen LogP contribution < -0.4 is 0 Å². The first-order chi connectivity index (χ1) is 6.63. The maximum Gasteiger partial charge on any atom is 0.307 e. The Hall–Kier alpha value is -1.25. The molecule has 0 aliphatic heterocycles. The lowest BCUT2D eigenvalue weighted by Gasteiger charge is -2.13. The molecule has 0 amide bonds. The molecule has 1 fully saturated rings. The molecule has 1 aromatic rings. The van der Waals surface area contributed by atoms with E-state index in [2.05, 4.69) is 0 Å². The van der Waals surface area contributed by atoms with Crippen LogP contribution in [0.15, 0.2) is 10.5 Å². The second kappa shape index (κ2) is 2.22. The zero-order valence-electron chi connectivity index (χ0n) is 8.04. The van der Waals surface area contributed by atoms with Crippen molar-refractivity contribution in [1.29, 1.82) is 0 Å². The molecule has 2 aliphatic carbocycles. The number of aliphatic carboxylic acids is 1. The van der Waals surface area contributed by atoms with Crippen molar-refractivity contribution < 1.29 is 14.3 Å². The summed E-state index contributed by atoms with van der Waals surface area (Å²) < 4.78 is 5.52. The summed E-state index contributed by atoms with van der Waals surface area (Å²) in [5, 5.41) is 9.11. The molecule has 1 spiro atoms. The quantitative estimate of drug-likeness (QED) is 0.739. The smallest absolute Gasteiger partial charge is 0.307 e. The van der Waals surface area contributed by atoms with Gasteiger partial charge in [-0.3, -0.25) is 4.79 Å². The minimum atomic E-state index is -0.674. The maximum atomic E-state index is 11.1. The van der Waals surface area contributed by atoms with Crippen molar-refractivity contribution in [2.24, 2.45) is 5.92 Å². The summed E-state index contributed by atoms with van der Waals surface area (Å²) in [4.78, 5) is 11.1. The van der Waals surface area contributed by atoms with Crippen LogP contribution in [0, 0.1) is 12.8 Å². The lowest BCUT2D eigenvalue weighted by Crippen LogP contribution is -2.24. The molecule has 1 N–H and O–H groups in total. The molecule has 0 bridgehead atoms. The fourth-order valence-electron chi connectivity index (χ4n) is 2.78. The minimum absolute atomic E-state index is 0.0566. The summed E-state index contributed by atoms with van der Waals surface area (Å²) in [6, 6.07) is 2.02. The number of rotatable bonds is 1. The second-order valence-electron chi connectivity index (χ2n) is 4.44. The van der Waals surface area contributed by atoms with Gasteiger partial charge in [-0.05, 0) is 25.8 Å². The van der Waals surface area contributed by atoms with Gasteiger partial charge in [0, 0.05) is 17.4 Å². The third-order valence-electron chi connectivity index (χ3n) is 3.61. The molecule has 1 saturated carbocycles. The molecule has 74 valence electrons. The number of carboxylic acid groups (broad SMARTS) is 1. The van der Waals surface area contributed by atoms with Gasteiger partial charge in [0.05, 0.1) is 5.92 Å². The topological polar surface area (TPSA) is 50.4 Å². The highest BCUT2D eigenvalue weighted by atomic mass is 16.4. The van der Waals surface area contributed by atoms with Crippen LogP contribution in [0.4, 0.5) is 0 Å². The number of hydrogen-bond acceptors (Lipinski definition) is 2.